The summed E-state index contributed by atoms with van der Waals surface area (Å²) in [5, 5.41) is 5.57. The second-order valence-electron chi connectivity index (χ2n) is 13.2. The van der Waals surface area contributed by atoms with Crippen LogP contribution in [0.1, 0.15) is 66.3 Å². The fraction of sp³-hybridized carbons (Fsp3) is 0.267. The lowest BCUT2D eigenvalue weighted by atomic mass is 9.98. The van der Waals surface area contributed by atoms with Crippen molar-refractivity contribution < 1.29 is 33.3 Å². The summed E-state index contributed by atoms with van der Waals surface area (Å²) in [6.45, 7) is 0.730. The molecule has 0 aliphatic heterocycles. The van der Waals surface area contributed by atoms with Gasteiger partial charge in [-0.05, 0) is 81.5 Å². The zero-order valence-electron chi connectivity index (χ0n) is 29.6. The van der Waals surface area contributed by atoms with Gasteiger partial charge < -0.3 is 29.6 Å². The zero-order chi connectivity index (χ0) is 36.6. The molecule has 9 nitrogen and oxygen atoms in total. The first-order valence-corrected chi connectivity index (χ1v) is 18.0. The van der Waals surface area contributed by atoms with Gasteiger partial charge in [0.15, 0.2) is 0 Å². The largest absolute Gasteiger partial charge is 0.497 e. The molecule has 2 aliphatic carbocycles. The first-order valence-electron chi connectivity index (χ1n) is 18.0. The van der Waals surface area contributed by atoms with Gasteiger partial charge in [0.2, 0.25) is 0 Å². The monoisotopic (exact) mass is 726 g/mol. The summed E-state index contributed by atoms with van der Waals surface area (Å²) in [6, 6.07) is 38.9. The lowest BCUT2D eigenvalue weighted by Crippen LogP contribution is -2.42. The fourth-order valence-corrected chi connectivity index (χ4v) is 7.32. The minimum absolute atomic E-state index is 0. The fourth-order valence-electron chi connectivity index (χ4n) is 7.32. The van der Waals surface area contributed by atoms with E-state index in [0.717, 1.165) is 38.9 Å². The minimum Gasteiger partial charge on any atom is -0.497 e. The second-order valence-corrected chi connectivity index (χ2v) is 13.2. The summed E-state index contributed by atoms with van der Waals surface area (Å²) in [5.74, 6) is -0.0141. The highest BCUT2D eigenvalue weighted by atomic mass is 16.6. The number of methoxy groups -OCH3 is 1. The molecule has 1 atom stereocenters. The molecule has 9 heteroatoms. The maximum atomic E-state index is 13.3. The van der Waals surface area contributed by atoms with Crippen LogP contribution in [0.2, 0.25) is 0 Å². The Bertz CT molecular complexity index is 1990. The molecular weight excluding hydrogens is 681 g/mol. The Kier molecular flexibility index (Phi) is 12.3. The number of rotatable bonds is 14. The number of ether oxygens (including phenoxy) is 4. The van der Waals surface area contributed by atoms with E-state index in [1.165, 1.54) is 11.1 Å². The molecule has 0 fully saturated rings. The van der Waals surface area contributed by atoms with E-state index in [4.69, 9.17) is 18.9 Å². The third-order valence-electron chi connectivity index (χ3n) is 9.99. The predicted molar refractivity (Wildman–Crippen MR) is 208 cm³/mol. The molecule has 0 unspecified atom stereocenters. The van der Waals surface area contributed by atoms with Gasteiger partial charge in [0.05, 0.1) is 7.11 Å². The molecule has 0 saturated heterocycles. The Morgan fingerprint density at radius 3 is 1.54 bits per heavy atom. The molecule has 5 aromatic carbocycles. The van der Waals surface area contributed by atoms with Crippen LogP contribution in [0.15, 0.2) is 121 Å². The van der Waals surface area contributed by atoms with Crippen molar-refractivity contribution in [2.24, 2.45) is 0 Å². The standard InChI is InChI=1S/C44H42N2O7.CH4/c1-50-30-23-21-29(22-24-30)26-51-42(47)41(46-44(49)53-28-40-37-18-8-4-14-33(37)34-15-5-9-19-38(34)40)20-10-11-25-45-43(48)52-27-39-35-16-6-2-12-31(35)32-13-3-7-17-36(32)39;/h2-9,12-19,21-24,39-41H,10-11,20,25-28H2,1H3,(H,45,48)(H,46,49);1H4/t41-;/m0./s1. The quantitative estimate of drug-likeness (QED) is 0.0668. The van der Waals surface area contributed by atoms with Gasteiger partial charge in [-0.15, -0.1) is 0 Å². The maximum Gasteiger partial charge on any atom is 0.407 e. The van der Waals surface area contributed by atoms with Crippen molar-refractivity contribution in [2.75, 3.05) is 26.9 Å². The first-order chi connectivity index (χ1) is 26.0. The van der Waals surface area contributed by atoms with E-state index in [1.54, 1.807) is 19.2 Å². The number of carbonyl (C=O) groups is 3. The Hall–Kier alpha value is -6.09. The molecular formula is C45H46N2O7. The van der Waals surface area contributed by atoms with Gasteiger partial charge in [0, 0.05) is 18.4 Å². The molecule has 0 radical (unpaired) electrons. The normalized spacial score (nSPS) is 12.9. The summed E-state index contributed by atoms with van der Waals surface area (Å²) in [5.41, 5.74) is 9.87. The SMILES string of the molecule is C.COc1ccc(COC(=O)[C@H](CCCCNC(=O)OCC2c3ccccc3-c3ccccc32)NC(=O)OCC2c3ccccc3-c3ccccc32)cc1. The minimum atomic E-state index is -0.946. The third-order valence-corrected chi connectivity index (χ3v) is 9.99. The van der Waals surface area contributed by atoms with Gasteiger partial charge in [-0.1, -0.05) is 117 Å². The van der Waals surface area contributed by atoms with Crippen molar-refractivity contribution in [1.29, 1.82) is 0 Å². The molecule has 0 saturated carbocycles. The molecule has 2 N–H and O–H groups in total. The van der Waals surface area contributed by atoms with Gasteiger partial charge in [-0.2, -0.15) is 0 Å². The number of hydrogen-bond acceptors (Lipinski definition) is 7. The van der Waals surface area contributed by atoms with E-state index >= 15 is 0 Å². The molecule has 0 heterocycles. The molecule has 5 aromatic rings. The van der Waals surface area contributed by atoms with Crippen molar-refractivity contribution in [3.8, 4) is 28.0 Å². The summed E-state index contributed by atoms with van der Waals surface area (Å²) in [7, 11) is 1.59. The van der Waals surface area contributed by atoms with Gasteiger partial charge in [-0.25, -0.2) is 14.4 Å². The van der Waals surface area contributed by atoms with E-state index in [0.29, 0.717) is 25.1 Å². The third kappa shape index (κ3) is 8.41. The number of fused-ring (bicyclic) bond motifs is 6. The molecule has 54 heavy (non-hydrogen) atoms. The lowest BCUT2D eigenvalue weighted by Gasteiger charge is -2.19. The van der Waals surface area contributed by atoms with E-state index in [2.05, 4.69) is 59.2 Å². The first kappa shape index (κ1) is 37.7. The lowest BCUT2D eigenvalue weighted by molar-refractivity contribution is -0.147. The van der Waals surface area contributed by atoms with Crippen molar-refractivity contribution in [3.63, 3.8) is 0 Å². The van der Waals surface area contributed by atoms with Crippen molar-refractivity contribution >= 4 is 18.2 Å². The Balaban J connectivity index is 0.00000497. The van der Waals surface area contributed by atoms with Crippen LogP contribution in [0, 0.1) is 0 Å². The average Bonchev–Trinajstić information content (AvgIpc) is 3.70. The van der Waals surface area contributed by atoms with Crippen LogP contribution in [0.25, 0.3) is 22.3 Å². The van der Waals surface area contributed by atoms with Gasteiger partial charge in [0.1, 0.15) is 31.6 Å². The molecule has 2 aliphatic rings. The number of benzene rings is 5. The smallest absolute Gasteiger partial charge is 0.407 e. The molecule has 0 spiro atoms. The molecule has 7 rings (SSSR count). The van der Waals surface area contributed by atoms with Crippen molar-refractivity contribution in [1.82, 2.24) is 10.6 Å². The Morgan fingerprint density at radius 1 is 0.593 bits per heavy atom. The maximum absolute atomic E-state index is 13.3. The van der Waals surface area contributed by atoms with Gasteiger partial charge in [-0.3, -0.25) is 0 Å². The molecule has 278 valence electrons. The number of hydrogen-bond donors (Lipinski definition) is 2. The van der Waals surface area contributed by atoms with Gasteiger partial charge >= 0.3 is 18.2 Å². The number of alkyl carbamates (subject to hydrolysis) is 2. The number of amides is 2. The highest BCUT2D eigenvalue weighted by Crippen LogP contribution is 2.45. The highest BCUT2D eigenvalue weighted by molar-refractivity contribution is 5.82. The van der Waals surface area contributed by atoms with Gasteiger partial charge in [0.25, 0.3) is 0 Å². The summed E-state index contributed by atoms with van der Waals surface area (Å²) < 4.78 is 22.2. The molecule has 0 aromatic heterocycles. The highest BCUT2D eigenvalue weighted by Gasteiger charge is 2.31. The summed E-state index contributed by atoms with van der Waals surface area (Å²) in [4.78, 5) is 39.2. The van der Waals surface area contributed by atoms with E-state index in [1.807, 2.05) is 60.7 Å². The van der Waals surface area contributed by atoms with E-state index < -0.39 is 24.2 Å². The van der Waals surface area contributed by atoms with Crippen LogP contribution < -0.4 is 15.4 Å². The van der Waals surface area contributed by atoms with Crippen molar-refractivity contribution in [3.05, 3.63) is 149 Å². The summed E-state index contributed by atoms with van der Waals surface area (Å²) >= 11 is 0. The topological polar surface area (TPSA) is 112 Å². The van der Waals surface area contributed by atoms with E-state index in [9.17, 15) is 14.4 Å². The number of esters is 1. The predicted octanol–water partition coefficient (Wildman–Crippen LogP) is 8.99. The molecule has 2 amide bonds. The average molecular weight is 727 g/mol. The van der Waals surface area contributed by atoms with Crippen LogP contribution in [0.4, 0.5) is 9.59 Å². The van der Waals surface area contributed by atoms with Crippen LogP contribution in [-0.4, -0.2) is 51.1 Å². The van der Waals surface area contributed by atoms with Crippen molar-refractivity contribution in [2.45, 2.75) is 51.2 Å². The number of carbonyl (C=O) groups excluding carboxylic acids is 3. The zero-order valence-corrected chi connectivity index (χ0v) is 29.6. The Labute approximate surface area is 316 Å². The van der Waals surface area contributed by atoms with Crippen LogP contribution >= 0.6 is 0 Å². The second kappa shape index (κ2) is 17.6. The molecule has 0 bridgehead atoms. The number of nitrogens with one attached hydrogen (secondary N) is 2. The summed E-state index contributed by atoms with van der Waals surface area (Å²) in [6.07, 6.45) is 0.168. The number of unbranched alkanes of at least 4 members (excludes halogenated alkanes) is 1. The van der Waals surface area contributed by atoms with Crippen LogP contribution in [0.3, 0.4) is 0 Å². The Morgan fingerprint density at radius 2 is 1.06 bits per heavy atom. The van der Waals surface area contributed by atoms with Crippen LogP contribution in [0.5, 0.6) is 5.75 Å². The van der Waals surface area contributed by atoms with Crippen LogP contribution in [-0.2, 0) is 25.6 Å². The van der Waals surface area contributed by atoms with E-state index in [-0.39, 0.29) is 45.5 Å².